The molecule has 2 rings (SSSR count). The molecule has 0 fully saturated rings. The van der Waals surface area contributed by atoms with Crippen LogP contribution in [0.1, 0.15) is 27.5 Å². The molecule has 0 amide bonds. The summed E-state index contributed by atoms with van der Waals surface area (Å²) in [6.45, 7) is 0. The third kappa shape index (κ3) is 2.78. The van der Waals surface area contributed by atoms with E-state index in [0.29, 0.717) is 0 Å². The molecule has 4 heteroatoms. The second kappa shape index (κ2) is 5.33. The van der Waals surface area contributed by atoms with Gasteiger partial charge in [-0.1, -0.05) is 40.2 Å². The van der Waals surface area contributed by atoms with Crippen molar-refractivity contribution in [3.63, 3.8) is 0 Å². The molecule has 0 aliphatic rings. The number of aromatic carboxylic acids is 1. The van der Waals surface area contributed by atoms with Gasteiger partial charge in [0.15, 0.2) is 0 Å². The van der Waals surface area contributed by atoms with Gasteiger partial charge in [-0.15, -0.1) is 0 Å². The van der Waals surface area contributed by atoms with Crippen LogP contribution in [0.3, 0.4) is 0 Å². The van der Waals surface area contributed by atoms with Crippen molar-refractivity contribution in [2.24, 2.45) is 5.73 Å². The van der Waals surface area contributed by atoms with Gasteiger partial charge in [0.05, 0.1) is 11.6 Å². The van der Waals surface area contributed by atoms with Crippen molar-refractivity contribution in [2.45, 2.75) is 6.04 Å². The molecule has 92 valence electrons. The minimum absolute atomic E-state index is 0.248. The Morgan fingerprint density at radius 1 is 1.11 bits per heavy atom. The van der Waals surface area contributed by atoms with Crippen molar-refractivity contribution in [3.05, 3.63) is 69.7 Å². The van der Waals surface area contributed by atoms with Gasteiger partial charge in [-0.25, -0.2) is 4.79 Å². The fourth-order valence-electron chi connectivity index (χ4n) is 1.76. The fraction of sp³-hybridized carbons (Fsp3) is 0.0714. The summed E-state index contributed by atoms with van der Waals surface area (Å²) in [5.41, 5.74) is 8.11. The number of carbonyl (C=O) groups is 1. The van der Waals surface area contributed by atoms with Crippen molar-refractivity contribution < 1.29 is 9.90 Å². The molecular weight excluding hydrogens is 294 g/mol. The Morgan fingerprint density at radius 3 is 2.33 bits per heavy atom. The average molecular weight is 306 g/mol. The van der Waals surface area contributed by atoms with Gasteiger partial charge in [-0.3, -0.25) is 0 Å². The molecule has 0 bridgehead atoms. The molecule has 0 aliphatic heterocycles. The maximum absolute atomic E-state index is 10.9. The summed E-state index contributed by atoms with van der Waals surface area (Å²) in [4.78, 5) is 10.9. The lowest BCUT2D eigenvalue weighted by atomic mass is 9.98. The standard InChI is InChI=1S/C14H12BrNO2/c15-12-6-2-4-10(8-12)13(16)9-3-1-5-11(7-9)14(17)18/h1-8,13H,16H2,(H,17,18). The zero-order valence-electron chi connectivity index (χ0n) is 9.51. The zero-order chi connectivity index (χ0) is 13.1. The average Bonchev–Trinajstić information content (AvgIpc) is 2.38. The zero-order valence-corrected chi connectivity index (χ0v) is 11.1. The monoisotopic (exact) mass is 305 g/mol. The molecule has 1 atom stereocenters. The van der Waals surface area contributed by atoms with Crippen molar-refractivity contribution in [3.8, 4) is 0 Å². The van der Waals surface area contributed by atoms with Gasteiger partial charge in [-0.05, 0) is 35.4 Å². The summed E-state index contributed by atoms with van der Waals surface area (Å²) in [7, 11) is 0. The highest BCUT2D eigenvalue weighted by Crippen LogP contribution is 2.23. The molecule has 3 nitrogen and oxygen atoms in total. The van der Waals surface area contributed by atoms with Crippen LogP contribution >= 0.6 is 15.9 Å². The molecule has 0 spiro atoms. The summed E-state index contributed by atoms with van der Waals surface area (Å²) < 4.78 is 0.949. The van der Waals surface area contributed by atoms with E-state index in [9.17, 15) is 4.79 Å². The Labute approximate surface area is 113 Å². The number of carboxylic acid groups (broad SMARTS) is 1. The van der Waals surface area contributed by atoms with Gasteiger partial charge in [0.1, 0.15) is 0 Å². The Morgan fingerprint density at radius 2 is 1.72 bits per heavy atom. The number of benzene rings is 2. The van der Waals surface area contributed by atoms with E-state index in [1.54, 1.807) is 18.2 Å². The Bertz CT molecular complexity index is 584. The highest BCUT2D eigenvalue weighted by atomic mass is 79.9. The van der Waals surface area contributed by atoms with Gasteiger partial charge in [0.25, 0.3) is 0 Å². The molecule has 0 heterocycles. The molecule has 2 aromatic carbocycles. The van der Waals surface area contributed by atoms with E-state index >= 15 is 0 Å². The van der Waals surface area contributed by atoms with Gasteiger partial charge < -0.3 is 10.8 Å². The second-order valence-electron chi connectivity index (χ2n) is 3.96. The Kier molecular flexibility index (Phi) is 3.79. The van der Waals surface area contributed by atoms with E-state index in [1.807, 2.05) is 30.3 Å². The first kappa shape index (κ1) is 12.8. The lowest BCUT2D eigenvalue weighted by molar-refractivity contribution is 0.0697. The van der Waals surface area contributed by atoms with Gasteiger partial charge >= 0.3 is 5.97 Å². The summed E-state index contributed by atoms with van der Waals surface area (Å²) in [6.07, 6.45) is 0. The van der Waals surface area contributed by atoms with E-state index in [2.05, 4.69) is 15.9 Å². The van der Waals surface area contributed by atoms with E-state index in [0.717, 1.165) is 15.6 Å². The van der Waals surface area contributed by atoms with Crippen LogP contribution in [0.4, 0.5) is 0 Å². The molecule has 0 aromatic heterocycles. The first-order chi connectivity index (χ1) is 8.58. The van der Waals surface area contributed by atoms with Crippen molar-refractivity contribution in [2.75, 3.05) is 0 Å². The van der Waals surface area contributed by atoms with Crippen LogP contribution in [0, 0.1) is 0 Å². The molecule has 0 saturated heterocycles. The van der Waals surface area contributed by atoms with Crippen LogP contribution in [0.2, 0.25) is 0 Å². The number of nitrogens with two attached hydrogens (primary N) is 1. The van der Waals surface area contributed by atoms with Crippen molar-refractivity contribution >= 4 is 21.9 Å². The van der Waals surface area contributed by atoms with Crippen LogP contribution < -0.4 is 5.73 Å². The number of hydrogen-bond acceptors (Lipinski definition) is 2. The summed E-state index contributed by atoms with van der Waals surface area (Å²) in [6, 6.07) is 14.0. The number of halogens is 1. The lowest BCUT2D eigenvalue weighted by Gasteiger charge is -2.13. The van der Waals surface area contributed by atoms with Crippen molar-refractivity contribution in [1.82, 2.24) is 0 Å². The summed E-state index contributed by atoms with van der Waals surface area (Å²) >= 11 is 3.39. The summed E-state index contributed by atoms with van der Waals surface area (Å²) in [5, 5.41) is 8.96. The Balaban J connectivity index is 2.36. The van der Waals surface area contributed by atoms with E-state index < -0.39 is 5.97 Å². The molecule has 0 radical (unpaired) electrons. The normalized spacial score (nSPS) is 12.1. The quantitative estimate of drug-likeness (QED) is 0.915. The molecule has 0 aliphatic carbocycles. The van der Waals surface area contributed by atoms with Crippen LogP contribution in [-0.4, -0.2) is 11.1 Å². The van der Waals surface area contributed by atoms with Crippen molar-refractivity contribution in [1.29, 1.82) is 0 Å². The lowest BCUT2D eigenvalue weighted by Crippen LogP contribution is -2.12. The third-order valence-electron chi connectivity index (χ3n) is 2.70. The van der Waals surface area contributed by atoms with Crippen LogP contribution in [0.5, 0.6) is 0 Å². The third-order valence-corrected chi connectivity index (χ3v) is 3.19. The summed E-state index contributed by atoms with van der Waals surface area (Å²) in [5.74, 6) is -0.946. The first-order valence-corrected chi connectivity index (χ1v) is 6.21. The molecular formula is C14H12BrNO2. The minimum Gasteiger partial charge on any atom is -0.478 e. The largest absolute Gasteiger partial charge is 0.478 e. The maximum atomic E-state index is 10.9. The first-order valence-electron chi connectivity index (χ1n) is 5.42. The smallest absolute Gasteiger partial charge is 0.335 e. The van der Waals surface area contributed by atoms with Crippen LogP contribution in [0.15, 0.2) is 53.0 Å². The van der Waals surface area contributed by atoms with Gasteiger partial charge in [0.2, 0.25) is 0 Å². The predicted octanol–water partition coefficient (Wildman–Crippen LogP) is 3.20. The second-order valence-corrected chi connectivity index (χ2v) is 4.88. The molecule has 18 heavy (non-hydrogen) atoms. The SMILES string of the molecule is NC(c1cccc(Br)c1)c1cccc(C(=O)O)c1. The number of rotatable bonds is 3. The van der Waals surface area contributed by atoms with Gasteiger partial charge in [0, 0.05) is 4.47 Å². The van der Waals surface area contributed by atoms with E-state index in [1.165, 1.54) is 0 Å². The fourth-order valence-corrected chi connectivity index (χ4v) is 2.17. The topological polar surface area (TPSA) is 63.3 Å². The van der Waals surface area contributed by atoms with E-state index in [4.69, 9.17) is 10.8 Å². The predicted molar refractivity (Wildman–Crippen MR) is 73.6 cm³/mol. The minimum atomic E-state index is -0.946. The maximum Gasteiger partial charge on any atom is 0.335 e. The molecule has 0 saturated carbocycles. The number of carboxylic acids is 1. The molecule has 1 unspecified atom stereocenters. The highest BCUT2D eigenvalue weighted by Gasteiger charge is 2.11. The van der Waals surface area contributed by atoms with E-state index in [-0.39, 0.29) is 11.6 Å². The molecule has 2 aromatic rings. The number of hydrogen-bond donors (Lipinski definition) is 2. The van der Waals surface area contributed by atoms with Gasteiger partial charge in [-0.2, -0.15) is 0 Å². The Hall–Kier alpha value is -1.65. The van der Waals surface area contributed by atoms with Crippen LogP contribution in [0.25, 0.3) is 0 Å². The van der Waals surface area contributed by atoms with Crippen LogP contribution in [-0.2, 0) is 0 Å². The highest BCUT2D eigenvalue weighted by molar-refractivity contribution is 9.10. The molecule has 3 N–H and O–H groups in total.